The van der Waals surface area contributed by atoms with Crippen LogP contribution in [0.5, 0.6) is 0 Å². The molecule has 0 saturated carbocycles. The molecule has 43 heavy (non-hydrogen) atoms. The van der Waals surface area contributed by atoms with Crippen LogP contribution < -0.4 is 0 Å². The van der Waals surface area contributed by atoms with Crippen LogP contribution in [0.1, 0.15) is 59.1 Å². The second-order valence-corrected chi connectivity index (χ2v) is 11.6. The molecule has 0 bridgehead atoms. The van der Waals surface area contributed by atoms with Crippen LogP contribution in [0, 0.1) is 0 Å². The van der Waals surface area contributed by atoms with Gasteiger partial charge in [0.1, 0.15) is 0 Å². The Morgan fingerprint density at radius 2 is 0.535 bits per heavy atom. The van der Waals surface area contributed by atoms with Gasteiger partial charge in [-0.2, -0.15) is 0 Å². The van der Waals surface area contributed by atoms with Crippen LogP contribution in [0.3, 0.4) is 0 Å². The minimum atomic E-state index is 1.03. The maximum absolute atomic E-state index is 2.41. The van der Waals surface area contributed by atoms with Gasteiger partial charge in [-0.3, -0.25) is 0 Å². The average molecular weight is 557 g/mol. The van der Waals surface area contributed by atoms with Crippen molar-refractivity contribution in [3.63, 3.8) is 0 Å². The van der Waals surface area contributed by atoms with E-state index in [4.69, 9.17) is 0 Å². The molecule has 0 atom stereocenters. The molecule has 0 fully saturated rings. The first-order valence-electron chi connectivity index (χ1n) is 16.3. The van der Waals surface area contributed by atoms with Crippen molar-refractivity contribution in [1.29, 1.82) is 0 Å². The van der Waals surface area contributed by atoms with E-state index >= 15 is 0 Å². The minimum absolute atomic E-state index is 1.03. The summed E-state index contributed by atoms with van der Waals surface area (Å²) in [5.41, 5.74) is 2.93. The first kappa shape index (κ1) is 27.4. The summed E-state index contributed by atoms with van der Waals surface area (Å²) in [6.45, 7) is 12.8. The van der Waals surface area contributed by atoms with E-state index in [1.807, 2.05) is 13.8 Å². The molecular weight excluding hydrogens is 516 g/mol. The van der Waals surface area contributed by atoms with E-state index in [0.717, 1.165) is 12.8 Å². The fourth-order valence-electron chi connectivity index (χ4n) is 7.85. The van der Waals surface area contributed by atoms with Crippen molar-refractivity contribution < 1.29 is 0 Å². The zero-order valence-corrected chi connectivity index (χ0v) is 26.4. The largest absolute Gasteiger partial charge is 0.0683 e. The maximum Gasteiger partial charge on any atom is -0.00140 e. The van der Waals surface area contributed by atoms with Crippen molar-refractivity contribution >= 4 is 86.2 Å². The Morgan fingerprint density at radius 3 is 0.837 bits per heavy atom. The molecule has 0 saturated heterocycles. The highest BCUT2D eigenvalue weighted by Crippen LogP contribution is 2.49. The van der Waals surface area contributed by atoms with Crippen LogP contribution in [0.15, 0.2) is 97.1 Å². The Labute approximate surface area is 254 Å². The van der Waals surface area contributed by atoms with Gasteiger partial charge in [0.2, 0.25) is 0 Å². The van der Waals surface area contributed by atoms with Gasteiger partial charge in [-0.25, -0.2) is 0 Å². The fraction of sp³-hybridized carbons (Fsp3) is 0.209. The lowest BCUT2D eigenvalue weighted by Gasteiger charge is -2.22. The molecule has 0 spiro atoms. The monoisotopic (exact) mass is 556 g/mol. The lowest BCUT2D eigenvalue weighted by atomic mass is 9.81. The Morgan fingerprint density at radius 1 is 0.302 bits per heavy atom. The molecular formula is C43H40. The SMILES string of the molecule is CC.CCC.CCc1c2ccccc2c2ccc3c4ccc5c(CC)c6ccccc6c6ccc(c7ccc1c2c73)c4c56. The van der Waals surface area contributed by atoms with Gasteiger partial charge in [0.15, 0.2) is 0 Å². The summed E-state index contributed by atoms with van der Waals surface area (Å²) in [4.78, 5) is 0. The van der Waals surface area contributed by atoms with Crippen LogP contribution in [0.25, 0.3) is 86.2 Å². The van der Waals surface area contributed by atoms with Gasteiger partial charge in [0, 0.05) is 0 Å². The van der Waals surface area contributed by atoms with Crippen LogP contribution in [-0.4, -0.2) is 0 Å². The summed E-state index contributed by atoms with van der Waals surface area (Å²) in [7, 11) is 0. The minimum Gasteiger partial charge on any atom is -0.0683 e. The molecule has 0 aromatic heterocycles. The second-order valence-electron chi connectivity index (χ2n) is 11.6. The van der Waals surface area contributed by atoms with Crippen LogP contribution in [0.4, 0.5) is 0 Å². The van der Waals surface area contributed by atoms with E-state index in [1.54, 1.807) is 0 Å². The summed E-state index contributed by atoms with van der Waals surface area (Å²) in [6, 6.07) is 37.1. The van der Waals surface area contributed by atoms with Crippen molar-refractivity contribution in [2.75, 3.05) is 0 Å². The van der Waals surface area contributed by atoms with E-state index in [1.165, 1.54) is 104 Å². The van der Waals surface area contributed by atoms with Gasteiger partial charge in [0.25, 0.3) is 0 Å². The molecule has 0 radical (unpaired) electrons. The lowest BCUT2D eigenvalue weighted by Crippen LogP contribution is -1.95. The molecule has 212 valence electrons. The highest BCUT2D eigenvalue weighted by Gasteiger charge is 2.21. The molecule has 0 aliphatic carbocycles. The quantitative estimate of drug-likeness (QED) is 0.147. The zero-order valence-electron chi connectivity index (χ0n) is 26.4. The van der Waals surface area contributed by atoms with E-state index < -0.39 is 0 Å². The molecule has 9 rings (SSSR count). The molecule has 0 unspecified atom stereocenters. The summed E-state index contributed by atoms with van der Waals surface area (Å²) < 4.78 is 0. The summed E-state index contributed by atoms with van der Waals surface area (Å²) in [5.74, 6) is 0. The predicted molar refractivity (Wildman–Crippen MR) is 195 cm³/mol. The Balaban J connectivity index is 0.000000568. The van der Waals surface area contributed by atoms with Crippen molar-refractivity contribution in [3.8, 4) is 0 Å². The van der Waals surface area contributed by atoms with Crippen LogP contribution in [-0.2, 0) is 12.8 Å². The van der Waals surface area contributed by atoms with E-state index in [-0.39, 0.29) is 0 Å². The van der Waals surface area contributed by atoms with Crippen molar-refractivity contribution in [3.05, 3.63) is 108 Å². The third kappa shape index (κ3) is 3.69. The highest BCUT2D eigenvalue weighted by molar-refractivity contribution is 6.42. The number of aryl methyl sites for hydroxylation is 2. The topological polar surface area (TPSA) is 0 Å². The lowest BCUT2D eigenvalue weighted by molar-refractivity contribution is 1.09. The highest BCUT2D eigenvalue weighted by atomic mass is 14.2. The molecule has 0 N–H and O–H groups in total. The third-order valence-electron chi connectivity index (χ3n) is 9.34. The van der Waals surface area contributed by atoms with E-state index in [9.17, 15) is 0 Å². The number of hydrogen-bond acceptors (Lipinski definition) is 0. The van der Waals surface area contributed by atoms with Crippen molar-refractivity contribution in [2.45, 2.75) is 60.8 Å². The number of fused-ring (bicyclic) bond motifs is 6. The van der Waals surface area contributed by atoms with Crippen molar-refractivity contribution in [2.24, 2.45) is 0 Å². The van der Waals surface area contributed by atoms with E-state index in [0.29, 0.717) is 0 Å². The predicted octanol–water partition coefficient (Wildman–Crippen LogP) is 13.4. The van der Waals surface area contributed by atoms with Gasteiger partial charge in [-0.15, -0.1) is 0 Å². The molecule has 0 heterocycles. The first-order chi connectivity index (χ1) is 21.2. The zero-order chi connectivity index (χ0) is 29.8. The molecule has 0 amide bonds. The molecule has 0 nitrogen and oxygen atoms in total. The summed E-state index contributed by atoms with van der Waals surface area (Å²) in [6.07, 6.45) is 3.31. The van der Waals surface area contributed by atoms with Crippen molar-refractivity contribution in [1.82, 2.24) is 0 Å². The first-order valence-corrected chi connectivity index (χ1v) is 16.3. The standard InChI is InChI=1S/C38H26.C3H8.C2H6/c1-3-21-23-9-5-7-11-25(23)29-15-19-33-32-18-14-28-22(4-2)24-10-6-8-12-26(24)30-16-20-34(38(32)36(28)30)31-17-13-27(21)35(29)37(31)33;1-3-2;1-2/h5-20H,3-4H2,1-2H3;3H2,1-2H3;1-2H3. The number of hydrogen-bond donors (Lipinski definition) is 0. The maximum atomic E-state index is 2.41. The van der Waals surface area contributed by atoms with Gasteiger partial charge < -0.3 is 0 Å². The number of benzene rings is 9. The normalized spacial score (nSPS) is 11.8. The number of rotatable bonds is 2. The summed E-state index contributed by atoms with van der Waals surface area (Å²) in [5, 5.41) is 22.3. The summed E-state index contributed by atoms with van der Waals surface area (Å²) >= 11 is 0. The van der Waals surface area contributed by atoms with E-state index in [2.05, 4.69) is 125 Å². The fourth-order valence-corrected chi connectivity index (χ4v) is 7.85. The Bertz CT molecular complexity index is 2230. The smallest absolute Gasteiger partial charge is 0.00140 e. The van der Waals surface area contributed by atoms with Gasteiger partial charge >= 0.3 is 0 Å². The van der Waals surface area contributed by atoms with Gasteiger partial charge in [-0.1, -0.05) is 145 Å². The molecule has 9 aromatic rings. The Hall–Kier alpha value is -4.42. The average Bonchev–Trinajstić information content (AvgIpc) is 3.07. The van der Waals surface area contributed by atoms with Crippen LogP contribution >= 0.6 is 0 Å². The van der Waals surface area contributed by atoms with Gasteiger partial charge in [0.05, 0.1) is 0 Å². The van der Waals surface area contributed by atoms with Gasteiger partial charge in [-0.05, 0) is 110 Å². The molecule has 9 aromatic carbocycles. The third-order valence-corrected chi connectivity index (χ3v) is 9.34. The van der Waals surface area contributed by atoms with Crippen LogP contribution in [0.2, 0.25) is 0 Å². The molecule has 0 aliphatic rings. The molecule has 0 heteroatoms. The molecule has 0 aliphatic heterocycles. The second kappa shape index (κ2) is 10.7. The Kier molecular flexibility index (Phi) is 6.82.